The normalized spacial score (nSPS) is 11.7. The molecule has 0 atom stereocenters. The van der Waals surface area contributed by atoms with E-state index in [1.807, 2.05) is 0 Å². The molecule has 0 bridgehead atoms. The summed E-state index contributed by atoms with van der Waals surface area (Å²) >= 11 is 0. The molecule has 0 unspecified atom stereocenters. The summed E-state index contributed by atoms with van der Waals surface area (Å²) in [6.07, 6.45) is 1.45. The Kier molecular flexibility index (Phi) is 5.06. The minimum absolute atomic E-state index is 0.0135. The number of carbonyl (C=O) groups excluding carboxylic acids is 1. The molecule has 35 heavy (non-hydrogen) atoms. The molecule has 5 aromatic rings. The summed E-state index contributed by atoms with van der Waals surface area (Å²) in [4.78, 5) is 41.6. The van der Waals surface area contributed by atoms with Crippen molar-refractivity contribution in [2.24, 2.45) is 0 Å². The van der Waals surface area contributed by atoms with E-state index >= 15 is 0 Å². The van der Waals surface area contributed by atoms with E-state index in [0.29, 0.717) is 19.5 Å². The zero-order valence-corrected chi connectivity index (χ0v) is 19.0. The number of nitro groups is 1. The fraction of sp³-hybridized carbons (Fsp3) is 0.0417. The maximum absolute atomic E-state index is 13.8. The van der Waals surface area contributed by atoms with Crippen LogP contribution in [0.2, 0.25) is 0 Å². The monoisotopic (exact) mass is 488 g/mol. The lowest BCUT2D eigenvalue weighted by Gasteiger charge is -2.08. The summed E-state index contributed by atoms with van der Waals surface area (Å²) in [6.45, 7) is 1.52. The Morgan fingerprint density at radius 2 is 1.69 bits per heavy atom. The summed E-state index contributed by atoms with van der Waals surface area (Å²) in [7, 11) is -4.49. The summed E-state index contributed by atoms with van der Waals surface area (Å²) in [5.74, 6) is -0.890. The number of pyridine rings is 1. The number of hydrogen-bond donors (Lipinski definition) is 0. The van der Waals surface area contributed by atoms with Gasteiger partial charge in [0.05, 0.1) is 21.5 Å². The van der Waals surface area contributed by atoms with Gasteiger partial charge in [-0.25, -0.2) is 17.8 Å². The van der Waals surface area contributed by atoms with Gasteiger partial charge < -0.3 is 0 Å². The number of nitrogens with zero attached hydrogens (tertiary/aromatic N) is 4. The summed E-state index contributed by atoms with van der Waals surface area (Å²) in [5.41, 5.74) is -0.986. The van der Waals surface area contributed by atoms with Crippen LogP contribution in [0.15, 0.2) is 88.7 Å². The molecule has 10 nitrogen and oxygen atoms in total. The third-order valence-corrected chi connectivity index (χ3v) is 7.40. The Morgan fingerprint density at radius 3 is 2.43 bits per heavy atom. The molecule has 0 fully saturated rings. The topological polar surface area (TPSA) is 134 Å². The van der Waals surface area contributed by atoms with E-state index in [4.69, 9.17) is 0 Å². The lowest BCUT2D eigenvalue weighted by atomic mass is 10.1. The molecule has 0 aliphatic heterocycles. The van der Waals surface area contributed by atoms with Gasteiger partial charge in [0.1, 0.15) is 4.90 Å². The molecule has 2 aromatic heterocycles. The van der Waals surface area contributed by atoms with Crippen LogP contribution in [-0.2, 0) is 10.0 Å². The molecule has 3 aromatic carbocycles. The first-order valence-corrected chi connectivity index (χ1v) is 11.8. The fourth-order valence-electron chi connectivity index (χ4n) is 4.00. The molecule has 174 valence electrons. The zero-order chi connectivity index (χ0) is 24.9. The summed E-state index contributed by atoms with van der Waals surface area (Å²) < 4.78 is 28.8. The van der Waals surface area contributed by atoms with Crippen LogP contribution in [0.25, 0.3) is 21.9 Å². The molecule has 0 aliphatic carbocycles. The van der Waals surface area contributed by atoms with Crippen molar-refractivity contribution in [3.63, 3.8) is 0 Å². The Morgan fingerprint density at radius 1 is 0.971 bits per heavy atom. The SMILES string of the molecule is Cc1ccc(C(=O)n2c(=O)n(S(=O)(=O)c3cccc4cccnc34)c3ccccc32)cc1[N+](=O)[O-]. The van der Waals surface area contributed by atoms with Gasteiger partial charge >= 0.3 is 5.69 Å². The average Bonchev–Trinajstić information content (AvgIpc) is 3.15. The number of fused-ring (bicyclic) bond motifs is 2. The van der Waals surface area contributed by atoms with Gasteiger partial charge in [-0.1, -0.05) is 36.4 Å². The molecular weight excluding hydrogens is 472 g/mol. The first-order chi connectivity index (χ1) is 16.7. The van der Waals surface area contributed by atoms with Crippen LogP contribution >= 0.6 is 0 Å². The Hall–Kier alpha value is -4.64. The van der Waals surface area contributed by atoms with Gasteiger partial charge in [-0.2, -0.15) is 3.97 Å². The van der Waals surface area contributed by atoms with Crippen molar-refractivity contribution >= 4 is 43.6 Å². The third-order valence-electron chi connectivity index (χ3n) is 5.68. The van der Waals surface area contributed by atoms with Gasteiger partial charge in [-0.15, -0.1) is 0 Å². The highest BCUT2D eigenvalue weighted by Crippen LogP contribution is 2.26. The lowest BCUT2D eigenvalue weighted by molar-refractivity contribution is -0.385. The smallest absolute Gasteiger partial charge is 0.268 e. The van der Waals surface area contributed by atoms with Crippen molar-refractivity contribution < 1.29 is 18.1 Å². The predicted molar refractivity (Wildman–Crippen MR) is 128 cm³/mol. The summed E-state index contributed by atoms with van der Waals surface area (Å²) in [6, 6.07) is 17.7. The second kappa shape index (κ2) is 7.99. The number of imidazole rings is 1. The standard InChI is InChI=1S/C24H16N4O6S/c1-15-11-12-17(14-20(15)28(31)32)23(29)26-18-8-2-3-9-19(18)27(24(26)30)35(33,34)21-10-4-6-16-7-5-13-25-22(16)21/h2-14H,1H3. The Bertz CT molecular complexity index is 1850. The van der Waals surface area contributed by atoms with Gasteiger partial charge in [0.15, 0.2) is 0 Å². The van der Waals surface area contributed by atoms with Gasteiger partial charge in [0.25, 0.3) is 21.6 Å². The molecule has 0 radical (unpaired) electrons. The number of aromatic nitrogens is 3. The molecule has 0 spiro atoms. The molecule has 0 saturated carbocycles. The van der Waals surface area contributed by atoms with Crippen LogP contribution in [0.5, 0.6) is 0 Å². The van der Waals surface area contributed by atoms with E-state index < -0.39 is 26.5 Å². The largest absolute Gasteiger partial charge is 0.350 e. The highest BCUT2D eigenvalue weighted by Gasteiger charge is 2.30. The fourth-order valence-corrected chi connectivity index (χ4v) is 5.56. The average molecular weight is 488 g/mol. The van der Waals surface area contributed by atoms with Crippen LogP contribution in [-0.4, -0.2) is 32.8 Å². The Labute approximate surface area is 197 Å². The highest BCUT2D eigenvalue weighted by atomic mass is 32.2. The number of nitro benzene ring substituents is 1. The molecule has 0 N–H and O–H groups in total. The third kappa shape index (κ3) is 3.40. The second-order valence-corrected chi connectivity index (χ2v) is 9.53. The molecule has 11 heteroatoms. The van der Waals surface area contributed by atoms with Crippen LogP contribution in [0.1, 0.15) is 15.9 Å². The molecule has 2 heterocycles. The van der Waals surface area contributed by atoms with Gasteiger partial charge in [0, 0.05) is 28.8 Å². The molecule has 0 aliphatic rings. The highest BCUT2D eigenvalue weighted by molar-refractivity contribution is 7.90. The van der Waals surface area contributed by atoms with Crippen LogP contribution in [0.4, 0.5) is 5.69 Å². The van der Waals surface area contributed by atoms with Gasteiger partial charge in [-0.05, 0) is 37.3 Å². The van der Waals surface area contributed by atoms with E-state index in [2.05, 4.69) is 4.98 Å². The van der Waals surface area contributed by atoms with Crippen molar-refractivity contribution in [3.8, 4) is 0 Å². The second-order valence-electron chi connectivity index (χ2n) is 7.77. The van der Waals surface area contributed by atoms with Gasteiger partial charge in [0.2, 0.25) is 0 Å². The van der Waals surface area contributed by atoms with E-state index in [9.17, 15) is 28.1 Å². The van der Waals surface area contributed by atoms with Crippen LogP contribution in [0.3, 0.4) is 0 Å². The number of para-hydroxylation sites is 3. The van der Waals surface area contributed by atoms with E-state index in [1.54, 1.807) is 30.3 Å². The quantitative estimate of drug-likeness (QED) is 0.279. The van der Waals surface area contributed by atoms with Crippen molar-refractivity contribution in [2.45, 2.75) is 11.8 Å². The van der Waals surface area contributed by atoms with Crippen LogP contribution < -0.4 is 5.69 Å². The van der Waals surface area contributed by atoms with Crippen molar-refractivity contribution in [2.75, 3.05) is 0 Å². The summed E-state index contributed by atoms with van der Waals surface area (Å²) in [5, 5.41) is 11.9. The van der Waals surface area contributed by atoms with Crippen molar-refractivity contribution in [1.29, 1.82) is 0 Å². The van der Waals surface area contributed by atoms with Crippen LogP contribution in [0, 0.1) is 17.0 Å². The lowest BCUT2D eigenvalue weighted by Crippen LogP contribution is -2.33. The molecule has 0 saturated heterocycles. The van der Waals surface area contributed by atoms with Crippen molar-refractivity contribution in [1.82, 2.24) is 13.5 Å². The molecule has 0 amide bonds. The first-order valence-electron chi connectivity index (χ1n) is 10.3. The number of benzene rings is 3. The maximum Gasteiger partial charge on any atom is 0.350 e. The van der Waals surface area contributed by atoms with E-state index in [0.717, 1.165) is 6.07 Å². The predicted octanol–water partition coefficient (Wildman–Crippen LogP) is 3.49. The number of aryl methyl sites for hydroxylation is 1. The zero-order valence-electron chi connectivity index (χ0n) is 18.2. The number of rotatable bonds is 4. The van der Waals surface area contributed by atoms with E-state index in [1.165, 1.54) is 49.5 Å². The number of carbonyl (C=O) groups is 1. The molecular formula is C24H16N4O6S. The van der Waals surface area contributed by atoms with E-state index in [-0.39, 0.29) is 32.7 Å². The minimum Gasteiger partial charge on any atom is -0.268 e. The Balaban J connectivity index is 1.78. The van der Waals surface area contributed by atoms with Crippen molar-refractivity contribution in [3.05, 3.63) is 111 Å². The van der Waals surface area contributed by atoms with Gasteiger partial charge in [-0.3, -0.25) is 19.9 Å². The molecule has 5 rings (SSSR count). The number of hydrogen-bond acceptors (Lipinski definition) is 7. The minimum atomic E-state index is -4.49. The first kappa shape index (κ1) is 22.2. The maximum atomic E-state index is 13.8.